The zero-order chi connectivity index (χ0) is 22.5. The van der Waals surface area contributed by atoms with Gasteiger partial charge in [-0.15, -0.1) is 0 Å². The number of carbonyl (C=O) groups is 3. The van der Waals surface area contributed by atoms with Crippen molar-refractivity contribution < 1.29 is 24.2 Å². The minimum atomic E-state index is -0.955. The number of fused-ring (bicyclic) bond motifs is 3. The Hall–Kier alpha value is -3.35. The molecule has 1 aliphatic rings. The average molecular weight is 424 g/mol. The van der Waals surface area contributed by atoms with Crippen LogP contribution in [0.15, 0.2) is 48.5 Å². The Labute approximate surface area is 182 Å². The van der Waals surface area contributed by atoms with E-state index in [1.807, 2.05) is 24.3 Å². The predicted molar refractivity (Wildman–Crippen MR) is 117 cm³/mol. The van der Waals surface area contributed by atoms with Crippen LogP contribution in [0, 0.1) is 11.8 Å². The Balaban J connectivity index is 1.52. The Bertz CT molecular complexity index is 928. The average Bonchev–Trinajstić information content (AvgIpc) is 3.09. The lowest BCUT2D eigenvalue weighted by Crippen LogP contribution is -2.41. The van der Waals surface area contributed by atoms with Crippen LogP contribution in [-0.4, -0.2) is 54.7 Å². The quantitative estimate of drug-likeness (QED) is 0.678. The van der Waals surface area contributed by atoms with Gasteiger partial charge >= 0.3 is 12.1 Å². The van der Waals surface area contributed by atoms with E-state index in [-0.39, 0.29) is 31.5 Å². The molecule has 0 bridgehead atoms. The third-order valence-corrected chi connectivity index (χ3v) is 5.66. The van der Waals surface area contributed by atoms with Crippen molar-refractivity contribution in [2.24, 2.45) is 11.8 Å². The molecule has 7 heteroatoms. The highest BCUT2D eigenvalue weighted by Crippen LogP contribution is 2.44. The van der Waals surface area contributed by atoms with Gasteiger partial charge in [0.05, 0.1) is 11.8 Å². The number of nitrogens with zero attached hydrogens (tertiary/aromatic N) is 1. The lowest BCUT2D eigenvalue weighted by Gasteiger charge is -2.23. The van der Waals surface area contributed by atoms with E-state index in [9.17, 15) is 14.4 Å². The molecule has 2 unspecified atom stereocenters. The smallest absolute Gasteiger partial charge is 0.407 e. The minimum absolute atomic E-state index is 0.0270. The van der Waals surface area contributed by atoms with Gasteiger partial charge in [-0.05, 0) is 22.3 Å². The molecule has 2 amide bonds. The lowest BCUT2D eigenvalue weighted by molar-refractivity contribution is -0.143. The van der Waals surface area contributed by atoms with E-state index in [1.165, 1.54) is 4.90 Å². The first-order valence-electron chi connectivity index (χ1n) is 10.4. The van der Waals surface area contributed by atoms with Crippen LogP contribution in [0.2, 0.25) is 0 Å². The van der Waals surface area contributed by atoms with E-state index >= 15 is 0 Å². The number of alkyl carbamates (subject to hydrolysis) is 1. The number of carboxylic acids is 1. The van der Waals surface area contributed by atoms with Crippen molar-refractivity contribution in [3.63, 3.8) is 0 Å². The number of carbonyl (C=O) groups excluding carboxylic acids is 2. The van der Waals surface area contributed by atoms with Crippen molar-refractivity contribution in [3.8, 4) is 11.1 Å². The van der Waals surface area contributed by atoms with Crippen LogP contribution in [0.25, 0.3) is 11.1 Å². The zero-order valence-corrected chi connectivity index (χ0v) is 18.0. The van der Waals surface area contributed by atoms with Crippen molar-refractivity contribution in [3.05, 3.63) is 59.7 Å². The number of nitrogens with one attached hydrogen (secondary N) is 1. The maximum Gasteiger partial charge on any atom is 0.407 e. The molecule has 7 nitrogen and oxygen atoms in total. The van der Waals surface area contributed by atoms with Gasteiger partial charge < -0.3 is 20.1 Å². The SMILES string of the molecule is CC(CN(C)C(=O)C(C)CNC(=O)OCC1c2ccccc2-c2ccccc21)C(=O)O. The second-order valence-corrected chi connectivity index (χ2v) is 8.07. The number of benzene rings is 2. The molecule has 0 saturated carbocycles. The van der Waals surface area contributed by atoms with E-state index in [1.54, 1.807) is 20.9 Å². The van der Waals surface area contributed by atoms with Crippen molar-refractivity contribution in [2.45, 2.75) is 19.8 Å². The Morgan fingerprint density at radius 2 is 1.55 bits per heavy atom. The van der Waals surface area contributed by atoms with Gasteiger partial charge in [0.15, 0.2) is 0 Å². The fourth-order valence-corrected chi connectivity index (χ4v) is 3.93. The molecule has 2 aromatic carbocycles. The molecule has 164 valence electrons. The van der Waals surface area contributed by atoms with E-state index in [2.05, 4.69) is 29.6 Å². The number of ether oxygens (including phenoxy) is 1. The van der Waals surface area contributed by atoms with Crippen molar-refractivity contribution in [1.82, 2.24) is 10.2 Å². The summed E-state index contributed by atoms with van der Waals surface area (Å²) in [5.74, 6) is -2.36. The monoisotopic (exact) mass is 424 g/mol. The molecule has 0 heterocycles. The molecule has 3 rings (SSSR count). The van der Waals surface area contributed by atoms with Gasteiger partial charge in [-0.3, -0.25) is 9.59 Å². The summed E-state index contributed by atoms with van der Waals surface area (Å²) in [5.41, 5.74) is 4.58. The van der Waals surface area contributed by atoms with Gasteiger partial charge in [-0.1, -0.05) is 62.4 Å². The topological polar surface area (TPSA) is 95.9 Å². The van der Waals surface area contributed by atoms with Crippen molar-refractivity contribution in [2.75, 3.05) is 26.7 Å². The highest BCUT2D eigenvalue weighted by atomic mass is 16.5. The maximum absolute atomic E-state index is 12.4. The molecule has 2 N–H and O–H groups in total. The molecular weight excluding hydrogens is 396 g/mol. The first kappa shape index (κ1) is 22.3. The van der Waals surface area contributed by atoms with Gasteiger partial charge in [-0.25, -0.2) is 4.79 Å². The summed E-state index contributed by atoms with van der Waals surface area (Å²) in [4.78, 5) is 37.0. The summed E-state index contributed by atoms with van der Waals surface area (Å²) in [5, 5.41) is 11.6. The number of carboxylic acid groups (broad SMARTS) is 1. The van der Waals surface area contributed by atoms with Crippen LogP contribution in [-0.2, 0) is 14.3 Å². The van der Waals surface area contributed by atoms with Gasteiger partial charge in [0, 0.05) is 26.1 Å². The summed E-state index contributed by atoms with van der Waals surface area (Å²) >= 11 is 0. The van der Waals surface area contributed by atoms with Crippen LogP contribution in [0.4, 0.5) is 4.79 Å². The molecule has 0 aliphatic heterocycles. The standard InChI is InChI=1S/C24H28N2O5/c1-15(22(27)26(3)13-16(2)23(28)29)12-25-24(30)31-14-21-19-10-6-4-8-17(19)18-9-5-7-11-20(18)21/h4-11,15-16,21H,12-14H2,1-3H3,(H,25,30)(H,28,29). The van der Waals surface area contributed by atoms with E-state index < -0.39 is 23.9 Å². The first-order chi connectivity index (χ1) is 14.8. The van der Waals surface area contributed by atoms with Gasteiger partial charge in [-0.2, -0.15) is 0 Å². The summed E-state index contributed by atoms with van der Waals surface area (Å²) in [6.07, 6.45) is -0.580. The number of aliphatic carboxylic acids is 1. The molecule has 0 spiro atoms. The molecule has 2 atom stereocenters. The highest BCUT2D eigenvalue weighted by molar-refractivity contribution is 5.80. The summed E-state index contributed by atoms with van der Waals surface area (Å²) in [6, 6.07) is 16.2. The van der Waals surface area contributed by atoms with Crippen LogP contribution < -0.4 is 5.32 Å². The molecule has 0 saturated heterocycles. The number of rotatable bonds is 8. The molecule has 1 aliphatic carbocycles. The fourth-order valence-electron chi connectivity index (χ4n) is 3.93. The summed E-state index contributed by atoms with van der Waals surface area (Å²) in [7, 11) is 1.56. The number of hydrogen-bond acceptors (Lipinski definition) is 4. The van der Waals surface area contributed by atoms with Crippen LogP contribution in [0.3, 0.4) is 0 Å². The van der Waals surface area contributed by atoms with Crippen LogP contribution >= 0.6 is 0 Å². The van der Waals surface area contributed by atoms with Gasteiger partial charge in [0.1, 0.15) is 6.61 Å². The molecule has 31 heavy (non-hydrogen) atoms. The molecule has 0 aromatic heterocycles. The minimum Gasteiger partial charge on any atom is -0.481 e. The fraction of sp³-hybridized carbons (Fsp3) is 0.375. The predicted octanol–water partition coefficient (Wildman–Crippen LogP) is 3.34. The maximum atomic E-state index is 12.4. The largest absolute Gasteiger partial charge is 0.481 e. The zero-order valence-electron chi connectivity index (χ0n) is 18.0. The Morgan fingerprint density at radius 1 is 1.00 bits per heavy atom. The van der Waals surface area contributed by atoms with Crippen molar-refractivity contribution >= 4 is 18.0 Å². The molecule has 0 fully saturated rings. The molecule has 2 aromatic rings. The Morgan fingerprint density at radius 3 is 2.10 bits per heavy atom. The van der Waals surface area contributed by atoms with E-state index in [0.717, 1.165) is 22.3 Å². The number of amides is 2. The Kier molecular flexibility index (Phi) is 6.95. The van der Waals surface area contributed by atoms with Gasteiger partial charge in [0.25, 0.3) is 0 Å². The number of hydrogen-bond donors (Lipinski definition) is 2. The summed E-state index contributed by atoms with van der Waals surface area (Å²) in [6.45, 7) is 3.67. The first-order valence-corrected chi connectivity index (χ1v) is 10.4. The summed E-state index contributed by atoms with van der Waals surface area (Å²) < 4.78 is 5.47. The third kappa shape index (κ3) is 5.05. The van der Waals surface area contributed by atoms with Crippen LogP contribution in [0.1, 0.15) is 30.9 Å². The molecule has 0 radical (unpaired) electrons. The van der Waals surface area contributed by atoms with E-state index in [4.69, 9.17) is 9.84 Å². The van der Waals surface area contributed by atoms with Crippen LogP contribution in [0.5, 0.6) is 0 Å². The second kappa shape index (κ2) is 9.64. The normalized spacial score (nSPS) is 14.2. The lowest BCUT2D eigenvalue weighted by atomic mass is 9.98. The molecular formula is C24H28N2O5. The third-order valence-electron chi connectivity index (χ3n) is 5.66. The van der Waals surface area contributed by atoms with Crippen molar-refractivity contribution in [1.29, 1.82) is 0 Å². The highest BCUT2D eigenvalue weighted by Gasteiger charge is 2.29. The van der Waals surface area contributed by atoms with E-state index in [0.29, 0.717) is 0 Å². The second-order valence-electron chi connectivity index (χ2n) is 8.07. The van der Waals surface area contributed by atoms with Gasteiger partial charge in [0.2, 0.25) is 5.91 Å².